The summed E-state index contributed by atoms with van der Waals surface area (Å²) >= 11 is 11.9. The molecule has 4 nitrogen and oxygen atoms in total. The number of hydrogen-bond acceptors (Lipinski definition) is 2. The van der Waals surface area contributed by atoms with E-state index in [4.69, 9.17) is 23.2 Å². The molecule has 1 heterocycles. The Labute approximate surface area is 135 Å². The highest BCUT2D eigenvalue weighted by atomic mass is 35.5. The van der Waals surface area contributed by atoms with Gasteiger partial charge in [-0.1, -0.05) is 23.2 Å². The van der Waals surface area contributed by atoms with Crippen molar-refractivity contribution in [3.05, 3.63) is 74.5 Å². The first kappa shape index (κ1) is 14.6. The number of carbonyl (C=O) groups is 1. The topological polar surface area (TPSA) is 59.3 Å². The first-order valence-electron chi connectivity index (χ1n) is 6.31. The minimum absolute atomic E-state index is 0.291. The highest BCUT2D eigenvalue weighted by molar-refractivity contribution is 6.31. The summed E-state index contributed by atoms with van der Waals surface area (Å²) in [6, 6.07) is 11.6. The summed E-state index contributed by atoms with van der Waals surface area (Å²) in [6.07, 6.45) is 1.30. The van der Waals surface area contributed by atoms with Crippen molar-refractivity contribution in [1.29, 1.82) is 0 Å². The van der Waals surface area contributed by atoms with Crippen LogP contribution < -0.4 is 5.43 Å². The molecule has 110 valence electrons. The van der Waals surface area contributed by atoms with Gasteiger partial charge in [0, 0.05) is 27.3 Å². The van der Waals surface area contributed by atoms with Crippen molar-refractivity contribution in [3.63, 3.8) is 0 Å². The van der Waals surface area contributed by atoms with Gasteiger partial charge in [-0.2, -0.15) is 0 Å². The van der Waals surface area contributed by atoms with E-state index in [9.17, 15) is 14.7 Å². The third-order valence-electron chi connectivity index (χ3n) is 3.30. The molecule has 0 saturated carbocycles. The molecule has 2 aromatic carbocycles. The van der Waals surface area contributed by atoms with Gasteiger partial charge in [-0.15, -0.1) is 0 Å². The Bertz CT molecular complexity index is 946. The van der Waals surface area contributed by atoms with Crippen molar-refractivity contribution < 1.29 is 9.90 Å². The zero-order valence-electron chi connectivity index (χ0n) is 11.1. The van der Waals surface area contributed by atoms with Crippen LogP contribution in [0.15, 0.2) is 53.5 Å². The van der Waals surface area contributed by atoms with Gasteiger partial charge in [0.2, 0.25) is 5.43 Å². The van der Waals surface area contributed by atoms with Gasteiger partial charge in [0.1, 0.15) is 5.56 Å². The molecule has 1 N–H and O–H groups in total. The van der Waals surface area contributed by atoms with E-state index in [0.717, 1.165) is 0 Å². The average molecular weight is 334 g/mol. The molecule has 3 aromatic rings. The van der Waals surface area contributed by atoms with Gasteiger partial charge in [-0.25, -0.2) is 4.79 Å². The lowest BCUT2D eigenvalue weighted by molar-refractivity contribution is 0.0695. The van der Waals surface area contributed by atoms with E-state index in [1.807, 2.05) is 0 Å². The lowest BCUT2D eigenvalue weighted by atomic mass is 10.1. The fraction of sp³-hybridized carbons (Fsp3) is 0. The second-order valence-corrected chi connectivity index (χ2v) is 5.56. The molecule has 6 heteroatoms. The molecule has 0 fully saturated rings. The van der Waals surface area contributed by atoms with E-state index < -0.39 is 11.4 Å². The van der Waals surface area contributed by atoms with Crippen molar-refractivity contribution in [2.45, 2.75) is 0 Å². The van der Waals surface area contributed by atoms with Crippen LogP contribution in [0.5, 0.6) is 0 Å². The van der Waals surface area contributed by atoms with Crippen LogP contribution in [0.1, 0.15) is 10.4 Å². The monoisotopic (exact) mass is 333 g/mol. The number of rotatable bonds is 2. The molecule has 0 amide bonds. The van der Waals surface area contributed by atoms with Crippen LogP contribution in [-0.4, -0.2) is 15.6 Å². The maximum Gasteiger partial charge on any atom is 0.341 e. The highest BCUT2D eigenvalue weighted by Crippen LogP contribution is 2.22. The Morgan fingerprint density at radius 2 is 1.64 bits per heavy atom. The van der Waals surface area contributed by atoms with Crippen LogP contribution >= 0.6 is 23.2 Å². The van der Waals surface area contributed by atoms with Crippen LogP contribution in [-0.2, 0) is 0 Å². The minimum atomic E-state index is -1.27. The molecule has 3 rings (SSSR count). The molecule has 22 heavy (non-hydrogen) atoms. The van der Waals surface area contributed by atoms with Gasteiger partial charge in [0.25, 0.3) is 0 Å². The van der Waals surface area contributed by atoms with Gasteiger partial charge in [0.05, 0.1) is 5.52 Å². The number of aromatic carboxylic acids is 1. The van der Waals surface area contributed by atoms with Gasteiger partial charge in [0.15, 0.2) is 0 Å². The predicted octanol–water partition coefficient (Wildman–Crippen LogP) is 4.00. The zero-order chi connectivity index (χ0) is 15.9. The smallest absolute Gasteiger partial charge is 0.341 e. The Morgan fingerprint density at radius 3 is 2.27 bits per heavy atom. The number of nitrogens with zero attached hydrogens (tertiary/aromatic N) is 1. The number of aromatic nitrogens is 1. The molecule has 0 unspecified atom stereocenters. The molecule has 1 aromatic heterocycles. The summed E-state index contributed by atoms with van der Waals surface area (Å²) in [7, 11) is 0. The van der Waals surface area contributed by atoms with Crippen molar-refractivity contribution in [2.75, 3.05) is 0 Å². The van der Waals surface area contributed by atoms with Crippen molar-refractivity contribution in [3.8, 4) is 5.69 Å². The number of carboxylic acids is 1. The lowest BCUT2D eigenvalue weighted by Crippen LogP contribution is -2.18. The second-order valence-electron chi connectivity index (χ2n) is 4.68. The van der Waals surface area contributed by atoms with E-state index in [1.165, 1.54) is 12.3 Å². The Hall–Kier alpha value is -2.30. The quantitative estimate of drug-likeness (QED) is 0.771. The number of hydrogen-bond donors (Lipinski definition) is 1. The molecule has 0 radical (unpaired) electrons. The molecule has 0 aliphatic carbocycles. The molecule has 0 aliphatic rings. The van der Waals surface area contributed by atoms with Crippen molar-refractivity contribution in [1.82, 2.24) is 4.57 Å². The summed E-state index contributed by atoms with van der Waals surface area (Å²) in [6.45, 7) is 0. The molecule has 0 bridgehead atoms. The SMILES string of the molecule is O=C(O)c1cn(-c2ccc(Cl)cc2)c2cc(Cl)ccc2c1=O. The summed E-state index contributed by atoms with van der Waals surface area (Å²) < 4.78 is 1.61. The number of halogens is 2. The number of pyridine rings is 1. The summed E-state index contributed by atoms with van der Waals surface area (Å²) in [5.41, 5.74) is 0.373. The number of benzene rings is 2. The Kier molecular flexibility index (Phi) is 3.64. The fourth-order valence-corrected chi connectivity index (χ4v) is 2.56. The highest BCUT2D eigenvalue weighted by Gasteiger charge is 2.15. The van der Waals surface area contributed by atoms with E-state index in [1.54, 1.807) is 41.0 Å². The van der Waals surface area contributed by atoms with Gasteiger partial charge in [-0.05, 0) is 42.5 Å². The average Bonchev–Trinajstić information content (AvgIpc) is 2.48. The second kappa shape index (κ2) is 5.48. The number of fused-ring (bicyclic) bond motifs is 1. The third-order valence-corrected chi connectivity index (χ3v) is 3.79. The molecule has 0 spiro atoms. The standard InChI is InChI=1S/C16H9Cl2NO3/c17-9-1-4-11(5-2-9)19-8-13(16(21)22)15(20)12-6-3-10(18)7-14(12)19/h1-8H,(H,21,22). The zero-order valence-corrected chi connectivity index (χ0v) is 12.6. The maximum atomic E-state index is 12.3. The van der Waals surface area contributed by atoms with Crippen LogP contribution in [0, 0.1) is 0 Å². The van der Waals surface area contributed by atoms with Crippen LogP contribution in [0.4, 0.5) is 0 Å². The summed E-state index contributed by atoms with van der Waals surface area (Å²) in [5, 5.41) is 10.5. The summed E-state index contributed by atoms with van der Waals surface area (Å²) in [5.74, 6) is -1.27. The van der Waals surface area contributed by atoms with E-state index in [-0.39, 0.29) is 5.56 Å². The molecule has 0 atom stereocenters. The third kappa shape index (κ3) is 2.47. The molecule has 0 aliphatic heterocycles. The largest absolute Gasteiger partial charge is 0.477 e. The van der Waals surface area contributed by atoms with Crippen molar-refractivity contribution in [2.24, 2.45) is 0 Å². The fourth-order valence-electron chi connectivity index (χ4n) is 2.27. The normalized spacial score (nSPS) is 10.8. The number of carboxylic acid groups (broad SMARTS) is 1. The van der Waals surface area contributed by atoms with Gasteiger partial charge >= 0.3 is 5.97 Å². The van der Waals surface area contributed by atoms with E-state index >= 15 is 0 Å². The van der Waals surface area contributed by atoms with Crippen molar-refractivity contribution >= 4 is 40.1 Å². The van der Waals surface area contributed by atoms with Gasteiger partial charge in [-0.3, -0.25) is 4.79 Å². The van der Waals surface area contributed by atoms with E-state index in [0.29, 0.717) is 26.6 Å². The molecule has 0 saturated heterocycles. The van der Waals surface area contributed by atoms with Gasteiger partial charge < -0.3 is 9.67 Å². The molecular weight excluding hydrogens is 325 g/mol. The summed E-state index contributed by atoms with van der Waals surface area (Å²) in [4.78, 5) is 23.6. The molecular formula is C16H9Cl2NO3. The van der Waals surface area contributed by atoms with Crippen LogP contribution in [0.3, 0.4) is 0 Å². The first-order chi connectivity index (χ1) is 10.5. The van der Waals surface area contributed by atoms with Crippen LogP contribution in [0.2, 0.25) is 10.0 Å². The Balaban J connectivity index is 2.43. The first-order valence-corrected chi connectivity index (χ1v) is 7.07. The predicted molar refractivity (Wildman–Crippen MR) is 86.5 cm³/mol. The Morgan fingerprint density at radius 1 is 1.00 bits per heavy atom. The van der Waals surface area contributed by atoms with E-state index in [2.05, 4.69) is 0 Å². The lowest BCUT2D eigenvalue weighted by Gasteiger charge is -2.12. The maximum absolute atomic E-state index is 12.3. The minimum Gasteiger partial charge on any atom is -0.477 e. The van der Waals surface area contributed by atoms with Crippen LogP contribution in [0.25, 0.3) is 16.6 Å².